The van der Waals surface area contributed by atoms with E-state index in [0.717, 1.165) is 9.09 Å². The Morgan fingerprint density at radius 3 is 2.83 bits per heavy atom. The van der Waals surface area contributed by atoms with E-state index in [0.29, 0.717) is 0 Å². The summed E-state index contributed by atoms with van der Waals surface area (Å²) in [4.78, 5) is 8.34. The van der Waals surface area contributed by atoms with Gasteiger partial charge in [-0.2, -0.15) is 0 Å². The van der Waals surface area contributed by atoms with Crippen LogP contribution in [0.4, 0.5) is 0 Å². The fourth-order valence-corrected chi connectivity index (χ4v) is 2.01. The van der Waals surface area contributed by atoms with E-state index in [4.69, 9.17) is 0 Å². The Bertz CT molecular complexity index is 428. The first kappa shape index (κ1) is 8.61. The van der Waals surface area contributed by atoms with Crippen molar-refractivity contribution in [3.63, 3.8) is 0 Å². The minimum absolute atomic E-state index is 1.04. The molecular formula is C8H4I2N2. The van der Waals surface area contributed by atoms with E-state index in [-0.39, 0.29) is 0 Å². The summed E-state index contributed by atoms with van der Waals surface area (Å²) in [5.41, 5.74) is 0. The molecule has 2 nitrogen and oxygen atoms in total. The third-order valence-electron chi connectivity index (χ3n) is 1.59. The zero-order chi connectivity index (χ0) is 8.55. The molecule has 0 unspecified atom stereocenters. The molecule has 0 aromatic carbocycles. The van der Waals surface area contributed by atoms with Gasteiger partial charge in [-0.25, -0.2) is 4.98 Å². The van der Waals surface area contributed by atoms with Crippen molar-refractivity contribution in [1.82, 2.24) is 9.97 Å². The van der Waals surface area contributed by atoms with Crippen molar-refractivity contribution in [1.29, 1.82) is 0 Å². The smallest absolute Gasteiger partial charge is 0.115 e. The van der Waals surface area contributed by atoms with E-state index >= 15 is 0 Å². The Balaban J connectivity index is 2.91. The molecule has 60 valence electrons. The lowest BCUT2D eigenvalue weighted by Crippen LogP contribution is -1.87. The van der Waals surface area contributed by atoms with Crippen LogP contribution in [-0.2, 0) is 0 Å². The molecular weight excluding hydrogens is 378 g/mol. The molecule has 0 saturated carbocycles. The van der Waals surface area contributed by atoms with Gasteiger partial charge in [0.25, 0.3) is 0 Å². The average molecular weight is 382 g/mol. The fraction of sp³-hybridized carbons (Fsp3) is 0. The summed E-state index contributed by atoms with van der Waals surface area (Å²) < 4.78 is 2.22. The van der Waals surface area contributed by atoms with Gasteiger partial charge in [0.05, 0.1) is 3.57 Å². The molecule has 0 saturated heterocycles. The van der Waals surface area contributed by atoms with Crippen LogP contribution in [0, 0.1) is 7.27 Å². The summed E-state index contributed by atoms with van der Waals surface area (Å²) >= 11 is 4.52. The highest BCUT2D eigenvalue weighted by Gasteiger charge is 2.02. The summed E-state index contributed by atoms with van der Waals surface area (Å²) in [6, 6.07) is 1.97. The van der Waals surface area contributed by atoms with Crippen molar-refractivity contribution in [2.24, 2.45) is 0 Å². The van der Waals surface area contributed by atoms with Gasteiger partial charge in [-0.05, 0) is 51.2 Å². The predicted octanol–water partition coefficient (Wildman–Crippen LogP) is 2.84. The average Bonchev–Trinajstić information content (AvgIpc) is 2.12. The second-order valence-corrected chi connectivity index (χ2v) is 4.43. The van der Waals surface area contributed by atoms with Crippen LogP contribution in [-0.4, -0.2) is 9.97 Å². The van der Waals surface area contributed by atoms with Gasteiger partial charge in [-0.3, -0.25) is 4.98 Å². The minimum atomic E-state index is 1.04. The maximum absolute atomic E-state index is 4.26. The van der Waals surface area contributed by atoms with Gasteiger partial charge < -0.3 is 0 Å². The van der Waals surface area contributed by atoms with Gasteiger partial charge in [-0.15, -0.1) is 0 Å². The molecule has 2 heterocycles. The number of rotatable bonds is 0. The van der Waals surface area contributed by atoms with Crippen molar-refractivity contribution in [3.8, 4) is 0 Å². The lowest BCUT2D eigenvalue weighted by molar-refractivity contribution is 1.26. The highest BCUT2D eigenvalue weighted by molar-refractivity contribution is 14.1. The van der Waals surface area contributed by atoms with Crippen LogP contribution < -0.4 is 0 Å². The first-order valence-electron chi connectivity index (χ1n) is 3.33. The second kappa shape index (κ2) is 3.41. The Labute approximate surface area is 97.1 Å². The molecule has 4 heteroatoms. The third-order valence-corrected chi connectivity index (χ3v) is 4.53. The number of hydrogen-bond donors (Lipinski definition) is 0. The zero-order valence-electron chi connectivity index (χ0n) is 5.96. The van der Waals surface area contributed by atoms with E-state index < -0.39 is 0 Å². The first-order chi connectivity index (χ1) is 5.79. The maximum atomic E-state index is 4.26. The van der Waals surface area contributed by atoms with E-state index in [2.05, 4.69) is 55.1 Å². The summed E-state index contributed by atoms with van der Waals surface area (Å²) in [6.45, 7) is 0. The van der Waals surface area contributed by atoms with Crippen LogP contribution in [0.25, 0.3) is 10.8 Å². The maximum Gasteiger partial charge on any atom is 0.115 e. The molecule has 2 rings (SSSR count). The van der Waals surface area contributed by atoms with E-state index in [1.54, 1.807) is 6.20 Å². The lowest BCUT2D eigenvalue weighted by Gasteiger charge is -1.99. The molecule has 0 atom stereocenters. The van der Waals surface area contributed by atoms with Crippen LogP contribution in [0.2, 0.25) is 0 Å². The van der Waals surface area contributed by atoms with Gasteiger partial charge in [0.2, 0.25) is 0 Å². The highest BCUT2D eigenvalue weighted by atomic mass is 127. The van der Waals surface area contributed by atoms with Crippen LogP contribution >= 0.6 is 45.2 Å². The molecule has 0 N–H and O–H groups in total. The SMILES string of the molecule is Ic1ncc2ccncc2c1I. The van der Waals surface area contributed by atoms with Gasteiger partial charge in [0, 0.05) is 29.4 Å². The number of pyridine rings is 2. The summed E-state index contributed by atoms with van der Waals surface area (Å²) in [6.07, 6.45) is 5.54. The number of halogens is 2. The fourth-order valence-electron chi connectivity index (χ4n) is 0.995. The molecule has 12 heavy (non-hydrogen) atoms. The molecule has 2 aromatic rings. The third kappa shape index (κ3) is 1.41. The largest absolute Gasteiger partial charge is 0.264 e. The Morgan fingerprint density at radius 1 is 1.17 bits per heavy atom. The van der Waals surface area contributed by atoms with Crippen molar-refractivity contribution in [2.75, 3.05) is 0 Å². The lowest BCUT2D eigenvalue weighted by atomic mass is 10.2. The van der Waals surface area contributed by atoms with Crippen molar-refractivity contribution >= 4 is 56.0 Å². The summed E-state index contributed by atoms with van der Waals surface area (Å²) in [5, 5.41) is 2.33. The Kier molecular flexibility index (Phi) is 2.44. The van der Waals surface area contributed by atoms with Crippen LogP contribution in [0.3, 0.4) is 0 Å². The predicted molar refractivity (Wildman–Crippen MR) is 65.0 cm³/mol. The van der Waals surface area contributed by atoms with Crippen molar-refractivity contribution in [3.05, 3.63) is 31.9 Å². The Hall–Kier alpha value is 0.0200. The number of aromatic nitrogens is 2. The van der Waals surface area contributed by atoms with Crippen LogP contribution in [0.1, 0.15) is 0 Å². The highest BCUT2D eigenvalue weighted by Crippen LogP contribution is 2.21. The molecule has 0 aliphatic carbocycles. The van der Waals surface area contributed by atoms with Gasteiger partial charge in [0.1, 0.15) is 3.70 Å². The monoisotopic (exact) mass is 382 g/mol. The summed E-state index contributed by atoms with van der Waals surface area (Å²) in [5.74, 6) is 0. The Morgan fingerprint density at radius 2 is 2.00 bits per heavy atom. The van der Waals surface area contributed by atoms with Gasteiger partial charge in [0.15, 0.2) is 0 Å². The van der Waals surface area contributed by atoms with E-state index in [1.165, 1.54) is 8.96 Å². The topological polar surface area (TPSA) is 25.8 Å². The molecule has 0 aliphatic rings. The van der Waals surface area contributed by atoms with Crippen molar-refractivity contribution in [2.45, 2.75) is 0 Å². The molecule has 0 amide bonds. The minimum Gasteiger partial charge on any atom is -0.264 e. The zero-order valence-corrected chi connectivity index (χ0v) is 10.3. The number of hydrogen-bond acceptors (Lipinski definition) is 2. The molecule has 0 aliphatic heterocycles. The molecule has 0 fully saturated rings. The molecule has 0 bridgehead atoms. The van der Waals surface area contributed by atoms with Gasteiger partial charge >= 0.3 is 0 Å². The molecule has 0 radical (unpaired) electrons. The van der Waals surface area contributed by atoms with E-state index in [1.807, 2.05) is 18.5 Å². The standard InChI is InChI=1S/C8H4I2N2/c9-7-6-4-11-2-1-5(6)3-12-8(7)10/h1-4H. The van der Waals surface area contributed by atoms with E-state index in [9.17, 15) is 0 Å². The normalized spacial score (nSPS) is 10.5. The first-order valence-corrected chi connectivity index (χ1v) is 5.48. The van der Waals surface area contributed by atoms with Crippen molar-refractivity contribution < 1.29 is 0 Å². The van der Waals surface area contributed by atoms with Crippen LogP contribution in [0.5, 0.6) is 0 Å². The van der Waals surface area contributed by atoms with Crippen LogP contribution in [0.15, 0.2) is 24.7 Å². The molecule has 2 aromatic heterocycles. The molecule has 0 spiro atoms. The quantitative estimate of drug-likeness (QED) is 0.518. The summed E-state index contributed by atoms with van der Waals surface area (Å²) in [7, 11) is 0. The second-order valence-electron chi connectivity index (χ2n) is 2.33. The van der Waals surface area contributed by atoms with Gasteiger partial charge in [-0.1, -0.05) is 0 Å². The number of nitrogens with zero attached hydrogens (tertiary/aromatic N) is 2. The number of fused-ring (bicyclic) bond motifs is 1.